The van der Waals surface area contributed by atoms with Crippen molar-refractivity contribution in [2.45, 2.75) is 19.4 Å². The van der Waals surface area contributed by atoms with E-state index in [1.165, 1.54) is 5.56 Å². The Kier molecular flexibility index (Phi) is 4.49. The standard InChI is InChI=1S/C18H18ClN3O2/c19-15-4-5-17-21-16(12-22(17)11-15)10-20-9-13-2-1-3-14(8-13)18-23-6-7-24-18/h1-5,8,11-12,18,20H,6-7,9-10H2. The van der Waals surface area contributed by atoms with E-state index < -0.39 is 0 Å². The molecule has 4 rings (SSSR count). The van der Waals surface area contributed by atoms with Crippen LogP contribution in [0.5, 0.6) is 0 Å². The monoisotopic (exact) mass is 343 g/mol. The average molecular weight is 344 g/mol. The number of pyridine rings is 1. The molecule has 1 N–H and O–H groups in total. The summed E-state index contributed by atoms with van der Waals surface area (Å²) in [6.45, 7) is 2.77. The van der Waals surface area contributed by atoms with Gasteiger partial charge in [-0.3, -0.25) is 0 Å². The van der Waals surface area contributed by atoms with Gasteiger partial charge in [0, 0.05) is 31.0 Å². The first-order valence-corrected chi connectivity index (χ1v) is 8.32. The van der Waals surface area contributed by atoms with Crippen molar-refractivity contribution in [3.05, 3.63) is 70.6 Å². The fraction of sp³-hybridized carbons (Fsp3) is 0.278. The van der Waals surface area contributed by atoms with Crippen molar-refractivity contribution in [1.82, 2.24) is 14.7 Å². The van der Waals surface area contributed by atoms with Crippen molar-refractivity contribution in [1.29, 1.82) is 0 Å². The number of rotatable bonds is 5. The Bertz CT molecular complexity index is 843. The van der Waals surface area contributed by atoms with Crippen LogP contribution in [0.1, 0.15) is 23.1 Å². The molecule has 1 fully saturated rings. The number of hydrogen-bond donors (Lipinski definition) is 1. The Morgan fingerprint density at radius 2 is 2.00 bits per heavy atom. The van der Waals surface area contributed by atoms with Crippen LogP contribution in [0.25, 0.3) is 5.65 Å². The predicted molar refractivity (Wildman–Crippen MR) is 91.8 cm³/mol. The van der Waals surface area contributed by atoms with Crippen molar-refractivity contribution < 1.29 is 9.47 Å². The van der Waals surface area contributed by atoms with Crippen LogP contribution in [0.3, 0.4) is 0 Å². The lowest BCUT2D eigenvalue weighted by Crippen LogP contribution is -2.13. The predicted octanol–water partition coefficient (Wildman–Crippen LogP) is 3.32. The first-order chi connectivity index (χ1) is 11.8. The first-order valence-electron chi connectivity index (χ1n) is 7.94. The molecule has 0 amide bonds. The number of ether oxygens (including phenoxy) is 2. The van der Waals surface area contributed by atoms with Gasteiger partial charge < -0.3 is 19.2 Å². The van der Waals surface area contributed by atoms with Gasteiger partial charge in [0.15, 0.2) is 6.29 Å². The minimum atomic E-state index is -0.229. The van der Waals surface area contributed by atoms with E-state index >= 15 is 0 Å². The van der Waals surface area contributed by atoms with E-state index in [2.05, 4.69) is 22.4 Å². The molecular weight excluding hydrogens is 326 g/mol. The molecule has 3 aromatic rings. The summed E-state index contributed by atoms with van der Waals surface area (Å²) in [5.74, 6) is 0. The van der Waals surface area contributed by atoms with Crippen molar-refractivity contribution in [3.8, 4) is 0 Å². The Hall–Kier alpha value is -1.92. The van der Waals surface area contributed by atoms with E-state index in [1.54, 1.807) is 0 Å². The Balaban J connectivity index is 1.38. The Morgan fingerprint density at radius 3 is 2.88 bits per heavy atom. The van der Waals surface area contributed by atoms with Gasteiger partial charge in [0.25, 0.3) is 0 Å². The Morgan fingerprint density at radius 1 is 1.12 bits per heavy atom. The highest BCUT2D eigenvalue weighted by Gasteiger charge is 2.18. The second kappa shape index (κ2) is 6.91. The molecule has 1 saturated heterocycles. The normalized spacial score (nSPS) is 15.4. The number of imidazole rings is 1. The minimum Gasteiger partial charge on any atom is -0.346 e. The van der Waals surface area contributed by atoms with Crippen LogP contribution in [0.4, 0.5) is 0 Å². The topological polar surface area (TPSA) is 47.8 Å². The molecule has 6 heteroatoms. The van der Waals surface area contributed by atoms with E-state index in [0.717, 1.165) is 23.4 Å². The third-order valence-electron chi connectivity index (χ3n) is 3.95. The van der Waals surface area contributed by atoms with E-state index in [0.29, 0.717) is 24.8 Å². The number of halogens is 1. The zero-order chi connectivity index (χ0) is 16.4. The third-order valence-corrected chi connectivity index (χ3v) is 4.17. The van der Waals surface area contributed by atoms with Crippen LogP contribution < -0.4 is 5.32 Å². The number of fused-ring (bicyclic) bond motifs is 1. The molecule has 2 aromatic heterocycles. The number of nitrogens with one attached hydrogen (secondary N) is 1. The van der Waals surface area contributed by atoms with E-state index in [-0.39, 0.29) is 6.29 Å². The number of hydrogen-bond acceptors (Lipinski definition) is 4. The first kappa shape index (κ1) is 15.6. The van der Waals surface area contributed by atoms with E-state index in [1.807, 2.05) is 41.1 Å². The largest absolute Gasteiger partial charge is 0.346 e. The van der Waals surface area contributed by atoms with Crippen molar-refractivity contribution in [3.63, 3.8) is 0 Å². The quantitative estimate of drug-likeness (QED) is 0.772. The molecule has 0 unspecified atom stereocenters. The maximum Gasteiger partial charge on any atom is 0.184 e. The van der Waals surface area contributed by atoms with Gasteiger partial charge in [0.1, 0.15) is 5.65 Å². The van der Waals surface area contributed by atoms with Gasteiger partial charge in [-0.2, -0.15) is 0 Å². The number of aromatic nitrogens is 2. The van der Waals surface area contributed by atoms with Gasteiger partial charge in [-0.25, -0.2) is 4.98 Å². The van der Waals surface area contributed by atoms with Crippen LogP contribution in [0, 0.1) is 0 Å². The molecule has 1 aromatic carbocycles. The summed E-state index contributed by atoms with van der Waals surface area (Å²) in [5.41, 5.74) is 4.14. The Labute approximate surface area is 145 Å². The second-order valence-corrected chi connectivity index (χ2v) is 6.20. The summed E-state index contributed by atoms with van der Waals surface area (Å²) in [4.78, 5) is 4.57. The molecule has 24 heavy (non-hydrogen) atoms. The molecule has 0 aliphatic carbocycles. The summed E-state index contributed by atoms with van der Waals surface area (Å²) in [6.07, 6.45) is 3.62. The smallest absolute Gasteiger partial charge is 0.184 e. The molecule has 1 aliphatic rings. The molecule has 0 atom stereocenters. The summed E-state index contributed by atoms with van der Waals surface area (Å²) >= 11 is 6.00. The molecule has 0 bridgehead atoms. The molecule has 0 radical (unpaired) electrons. The zero-order valence-corrected chi connectivity index (χ0v) is 13.9. The van der Waals surface area contributed by atoms with Crippen LogP contribution in [-0.2, 0) is 22.6 Å². The van der Waals surface area contributed by atoms with Gasteiger partial charge >= 0.3 is 0 Å². The molecule has 5 nitrogen and oxygen atoms in total. The van der Waals surface area contributed by atoms with Gasteiger partial charge in [-0.1, -0.05) is 29.8 Å². The summed E-state index contributed by atoms with van der Waals surface area (Å²) in [5, 5.41) is 4.12. The highest BCUT2D eigenvalue weighted by atomic mass is 35.5. The third kappa shape index (κ3) is 3.44. The highest BCUT2D eigenvalue weighted by molar-refractivity contribution is 6.30. The molecule has 0 saturated carbocycles. The van der Waals surface area contributed by atoms with Crippen molar-refractivity contribution >= 4 is 17.2 Å². The van der Waals surface area contributed by atoms with Gasteiger partial charge in [-0.15, -0.1) is 0 Å². The maximum absolute atomic E-state index is 6.00. The van der Waals surface area contributed by atoms with Gasteiger partial charge in [0.05, 0.1) is 23.9 Å². The van der Waals surface area contributed by atoms with Crippen LogP contribution in [-0.4, -0.2) is 22.6 Å². The molecule has 3 heterocycles. The summed E-state index contributed by atoms with van der Waals surface area (Å²) in [7, 11) is 0. The van der Waals surface area contributed by atoms with Gasteiger partial charge in [0.2, 0.25) is 0 Å². The fourth-order valence-corrected chi connectivity index (χ4v) is 3.01. The zero-order valence-electron chi connectivity index (χ0n) is 13.1. The molecule has 1 aliphatic heterocycles. The average Bonchev–Trinajstić information content (AvgIpc) is 3.24. The number of benzene rings is 1. The van der Waals surface area contributed by atoms with E-state index in [4.69, 9.17) is 21.1 Å². The highest BCUT2D eigenvalue weighted by Crippen LogP contribution is 2.23. The lowest BCUT2D eigenvalue weighted by molar-refractivity contribution is -0.0441. The fourth-order valence-electron chi connectivity index (χ4n) is 2.84. The minimum absolute atomic E-state index is 0.229. The van der Waals surface area contributed by atoms with Crippen LogP contribution in [0.2, 0.25) is 5.02 Å². The van der Waals surface area contributed by atoms with Crippen molar-refractivity contribution in [2.75, 3.05) is 13.2 Å². The molecule has 124 valence electrons. The summed E-state index contributed by atoms with van der Waals surface area (Å²) < 4.78 is 13.0. The maximum atomic E-state index is 6.00. The SMILES string of the molecule is Clc1ccc2nc(CNCc3cccc(C4OCCO4)c3)cn2c1. The van der Waals surface area contributed by atoms with Gasteiger partial charge in [-0.05, 0) is 23.8 Å². The second-order valence-electron chi connectivity index (χ2n) is 5.77. The lowest BCUT2D eigenvalue weighted by Gasteiger charge is -2.11. The van der Waals surface area contributed by atoms with E-state index in [9.17, 15) is 0 Å². The molecule has 0 spiro atoms. The van der Waals surface area contributed by atoms with Crippen LogP contribution in [0.15, 0.2) is 48.8 Å². The molecular formula is C18H18ClN3O2. The lowest BCUT2D eigenvalue weighted by atomic mass is 10.1. The van der Waals surface area contributed by atoms with Crippen LogP contribution >= 0.6 is 11.6 Å². The number of nitrogens with zero attached hydrogens (tertiary/aromatic N) is 2. The summed E-state index contributed by atoms with van der Waals surface area (Å²) in [6, 6.07) is 12.0. The van der Waals surface area contributed by atoms with Crippen molar-refractivity contribution in [2.24, 2.45) is 0 Å².